The fraction of sp³-hybridized carbons (Fsp3) is 0.500. The Bertz CT molecular complexity index is 416. The fourth-order valence-electron chi connectivity index (χ4n) is 2.78. The van der Waals surface area contributed by atoms with Crippen molar-refractivity contribution in [3.8, 4) is 0 Å². The normalized spacial score (nSPS) is 24.3. The SMILES string of the molecule is C(/Cc1ccccc1)=C1/COC2(CCCCC2)O1. The van der Waals surface area contributed by atoms with Gasteiger partial charge in [0.15, 0.2) is 0 Å². The lowest BCUT2D eigenvalue weighted by molar-refractivity contribution is -0.168. The van der Waals surface area contributed by atoms with Crippen LogP contribution < -0.4 is 0 Å². The van der Waals surface area contributed by atoms with Crippen LogP contribution in [-0.2, 0) is 15.9 Å². The first kappa shape index (κ1) is 11.8. The molecule has 0 N–H and O–H groups in total. The molecule has 0 radical (unpaired) electrons. The molecule has 18 heavy (non-hydrogen) atoms. The van der Waals surface area contributed by atoms with Crippen molar-refractivity contribution in [1.29, 1.82) is 0 Å². The molecule has 1 heterocycles. The van der Waals surface area contributed by atoms with E-state index in [1.54, 1.807) is 0 Å². The molecular formula is C16H20O2. The van der Waals surface area contributed by atoms with E-state index in [0.717, 1.165) is 25.0 Å². The van der Waals surface area contributed by atoms with Crippen molar-refractivity contribution in [2.75, 3.05) is 6.61 Å². The van der Waals surface area contributed by atoms with Crippen molar-refractivity contribution >= 4 is 0 Å². The van der Waals surface area contributed by atoms with E-state index >= 15 is 0 Å². The van der Waals surface area contributed by atoms with E-state index in [4.69, 9.17) is 9.47 Å². The zero-order chi connectivity index (χ0) is 12.3. The van der Waals surface area contributed by atoms with Gasteiger partial charge in [-0.1, -0.05) is 36.8 Å². The summed E-state index contributed by atoms with van der Waals surface area (Å²) in [5.74, 6) is 0.738. The highest BCUT2D eigenvalue weighted by atomic mass is 16.7. The van der Waals surface area contributed by atoms with E-state index in [0.29, 0.717) is 6.61 Å². The average molecular weight is 244 g/mol. The second kappa shape index (κ2) is 5.15. The van der Waals surface area contributed by atoms with Crippen LogP contribution in [0.5, 0.6) is 0 Å². The molecule has 2 fully saturated rings. The fourth-order valence-corrected chi connectivity index (χ4v) is 2.78. The first-order chi connectivity index (χ1) is 8.86. The van der Waals surface area contributed by atoms with E-state index in [9.17, 15) is 0 Å². The van der Waals surface area contributed by atoms with Gasteiger partial charge in [0.05, 0.1) is 0 Å². The summed E-state index contributed by atoms with van der Waals surface area (Å²) < 4.78 is 11.9. The number of benzene rings is 1. The van der Waals surface area contributed by atoms with Crippen LogP contribution in [0.25, 0.3) is 0 Å². The molecule has 1 aliphatic heterocycles. The van der Waals surface area contributed by atoms with E-state index in [2.05, 4.69) is 30.3 Å². The zero-order valence-corrected chi connectivity index (χ0v) is 10.7. The molecule has 2 heteroatoms. The summed E-state index contributed by atoms with van der Waals surface area (Å²) in [7, 11) is 0. The highest BCUT2D eigenvalue weighted by molar-refractivity contribution is 5.18. The minimum Gasteiger partial charge on any atom is -0.465 e. The van der Waals surface area contributed by atoms with Gasteiger partial charge in [0, 0.05) is 12.8 Å². The van der Waals surface area contributed by atoms with E-state index in [1.807, 2.05) is 6.07 Å². The summed E-state index contributed by atoms with van der Waals surface area (Å²) in [6.45, 7) is 0.646. The minimum absolute atomic E-state index is 0.277. The molecule has 1 spiro atoms. The van der Waals surface area contributed by atoms with Crippen LogP contribution in [0.2, 0.25) is 0 Å². The molecule has 0 aromatic heterocycles. The second-order valence-corrected chi connectivity index (χ2v) is 5.22. The van der Waals surface area contributed by atoms with E-state index in [1.165, 1.54) is 24.8 Å². The lowest BCUT2D eigenvalue weighted by Gasteiger charge is -2.30. The molecule has 1 saturated carbocycles. The molecule has 0 atom stereocenters. The van der Waals surface area contributed by atoms with Gasteiger partial charge in [-0.15, -0.1) is 0 Å². The maximum atomic E-state index is 6.05. The van der Waals surface area contributed by atoms with Crippen LogP contribution in [0.15, 0.2) is 42.2 Å². The van der Waals surface area contributed by atoms with Gasteiger partial charge in [0.25, 0.3) is 0 Å². The number of ether oxygens (including phenoxy) is 2. The second-order valence-electron chi connectivity index (χ2n) is 5.22. The van der Waals surface area contributed by atoms with Crippen LogP contribution in [0, 0.1) is 0 Å². The molecule has 2 nitrogen and oxygen atoms in total. The number of hydrogen-bond acceptors (Lipinski definition) is 2. The van der Waals surface area contributed by atoms with Crippen molar-refractivity contribution in [3.63, 3.8) is 0 Å². The monoisotopic (exact) mass is 244 g/mol. The molecule has 0 unspecified atom stereocenters. The standard InChI is InChI=1S/C16H20O2/c1-3-7-14(8-4-1)9-10-15-13-17-16(18-15)11-5-2-6-12-16/h1,3-4,7-8,10H,2,5-6,9,11-13H2/b15-10+. The van der Waals surface area contributed by atoms with Gasteiger partial charge in [-0.3, -0.25) is 0 Å². The van der Waals surface area contributed by atoms with Crippen LogP contribution in [0.1, 0.15) is 37.7 Å². The summed E-state index contributed by atoms with van der Waals surface area (Å²) in [6, 6.07) is 10.5. The molecule has 1 aromatic rings. The molecule has 0 bridgehead atoms. The molecule has 1 saturated heterocycles. The molecule has 0 amide bonds. The van der Waals surface area contributed by atoms with Gasteiger partial charge in [0.2, 0.25) is 5.79 Å². The third kappa shape index (κ3) is 2.59. The Hall–Kier alpha value is -1.28. The Kier molecular flexibility index (Phi) is 3.37. The number of hydrogen-bond donors (Lipinski definition) is 0. The first-order valence-electron chi connectivity index (χ1n) is 6.92. The quantitative estimate of drug-likeness (QED) is 0.787. The Labute approximate surface area is 109 Å². The smallest absolute Gasteiger partial charge is 0.210 e. The van der Waals surface area contributed by atoms with Crippen LogP contribution in [-0.4, -0.2) is 12.4 Å². The van der Waals surface area contributed by atoms with E-state index in [-0.39, 0.29) is 5.79 Å². The third-order valence-corrected chi connectivity index (χ3v) is 3.82. The van der Waals surface area contributed by atoms with Crippen LogP contribution in [0.4, 0.5) is 0 Å². The van der Waals surface area contributed by atoms with Gasteiger partial charge in [0.1, 0.15) is 12.4 Å². The lowest BCUT2D eigenvalue weighted by Crippen LogP contribution is -2.32. The predicted octanol–water partition coefficient (Wildman–Crippen LogP) is 3.82. The van der Waals surface area contributed by atoms with Gasteiger partial charge < -0.3 is 9.47 Å². The van der Waals surface area contributed by atoms with E-state index < -0.39 is 0 Å². The topological polar surface area (TPSA) is 18.5 Å². The molecule has 3 rings (SSSR count). The Morgan fingerprint density at radius 2 is 1.83 bits per heavy atom. The number of allylic oxidation sites excluding steroid dienone is 1. The van der Waals surface area contributed by atoms with Crippen molar-refractivity contribution in [3.05, 3.63) is 47.7 Å². The third-order valence-electron chi connectivity index (χ3n) is 3.82. The summed E-state index contributed by atoms with van der Waals surface area (Å²) in [5, 5.41) is 0. The summed E-state index contributed by atoms with van der Waals surface area (Å²) >= 11 is 0. The van der Waals surface area contributed by atoms with Gasteiger partial charge >= 0.3 is 0 Å². The van der Waals surface area contributed by atoms with Crippen LogP contribution >= 0.6 is 0 Å². The summed E-state index contributed by atoms with van der Waals surface area (Å²) in [5.41, 5.74) is 1.32. The Morgan fingerprint density at radius 3 is 2.61 bits per heavy atom. The minimum atomic E-state index is -0.277. The lowest BCUT2D eigenvalue weighted by atomic mass is 9.94. The highest BCUT2D eigenvalue weighted by Gasteiger charge is 2.40. The molecule has 1 aromatic carbocycles. The van der Waals surface area contributed by atoms with Crippen LogP contribution in [0.3, 0.4) is 0 Å². The largest absolute Gasteiger partial charge is 0.465 e. The first-order valence-corrected chi connectivity index (χ1v) is 6.92. The zero-order valence-electron chi connectivity index (χ0n) is 10.7. The Balaban J connectivity index is 1.61. The van der Waals surface area contributed by atoms with Crippen molar-refractivity contribution in [2.24, 2.45) is 0 Å². The van der Waals surface area contributed by atoms with Gasteiger partial charge in [-0.05, 0) is 30.9 Å². The number of rotatable bonds is 2. The predicted molar refractivity (Wildman–Crippen MR) is 71.1 cm³/mol. The maximum Gasteiger partial charge on any atom is 0.210 e. The average Bonchev–Trinajstić information content (AvgIpc) is 2.82. The van der Waals surface area contributed by atoms with Gasteiger partial charge in [-0.2, -0.15) is 0 Å². The molecular weight excluding hydrogens is 224 g/mol. The van der Waals surface area contributed by atoms with Gasteiger partial charge in [-0.25, -0.2) is 0 Å². The van der Waals surface area contributed by atoms with Crippen molar-refractivity contribution < 1.29 is 9.47 Å². The highest BCUT2D eigenvalue weighted by Crippen LogP contribution is 2.38. The molecule has 96 valence electrons. The Morgan fingerprint density at radius 1 is 1.06 bits per heavy atom. The molecule has 2 aliphatic rings. The molecule has 1 aliphatic carbocycles. The summed E-state index contributed by atoms with van der Waals surface area (Å²) in [6.07, 6.45) is 8.97. The summed E-state index contributed by atoms with van der Waals surface area (Å²) in [4.78, 5) is 0. The van der Waals surface area contributed by atoms with Crippen molar-refractivity contribution in [2.45, 2.75) is 44.3 Å². The van der Waals surface area contributed by atoms with Crippen molar-refractivity contribution in [1.82, 2.24) is 0 Å². The maximum absolute atomic E-state index is 6.05.